The number of ether oxygens (including phenoxy) is 2. The van der Waals surface area contributed by atoms with Crippen molar-refractivity contribution in [1.29, 1.82) is 0 Å². The van der Waals surface area contributed by atoms with Crippen LogP contribution in [0, 0.1) is 23.5 Å². The lowest BCUT2D eigenvalue weighted by Gasteiger charge is -2.26. The average molecular weight is 366 g/mol. The Hall–Kier alpha value is -1.58. The van der Waals surface area contributed by atoms with Gasteiger partial charge in [0.05, 0.1) is 13.7 Å². The van der Waals surface area contributed by atoms with E-state index >= 15 is 0 Å². The maximum Gasteiger partial charge on any atom is 0.204 e. The number of rotatable bonds is 10. The lowest BCUT2D eigenvalue weighted by molar-refractivity contribution is 0.187. The van der Waals surface area contributed by atoms with Gasteiger partial charge in [-0.15, -0.1) is 0 Å². The number of allylic oxidation sites excluding steroid dienone is 2. The standard InChI is InChI=1S/C22H32F2O2/c1-3-4-5-6-7-8-9-17-10-12-18(13-11-17)16-26-20-15-14-19(25-2)21(23)22(20)24/h8-9,14-15,17-18H,3-7,10-13,16H2,1-2H3/b9-8+. The summed E-state index contributed by atoms with van der Waals surface area (Å²) in [4.78, 5) is 0. The molecular weight excluding hydrogens is 334 g/mol. The maximum absolute atomic E-state index is 13.9. The lowest BCUT2D eigenvalue weighted by atomic mass is 9.82. The Bertz CT molecular complexity index is 564. The van der Waals surface area contributed by atoms with E-state index in [9.17, 15) is 8.78 Å². The second-order valence-electron chi connectivity index (χ2n) is 7.26. The van der Waals surface area contributed by atoms with Crippen LogP contribution >= 0.6 is 0 Å². The first-order valence-electron chi connectivity index (χ1n) is 9.97. The van der Waals surface area contributed by atoms with Gasteiger partial charge in [0.15, 0.2) is 11.5 Å². The van der Waals surface area contributed by atoms with Gasteiger partial charge in [-0.25, -0.2) is 0 Å². The Morgan fingerprint density at radius 2 is 1.69 bits per heavy atom. The number of halogens is 2. The van der Waals surface area contributed by atoms with Gasteiger partial charge in [0, 0.05) is 0 Å². The van der Waals surface area contributed by atoms with E-state index in [-0.39, 0.29) is 11.5 Å². The van der Waals surface area contributed by atoms with Gasteiger partial charge in [-0.2, -0.15) is 8.78 Å². The largest absolute Gasteiger partial charge is 0.494 e. The summed E-state index contributed by atoms with van der Waals surface area (Å²) in [5.74, 6) is -1.02. The zero-order valence-electron chi connectivity index (χ0n) is 16.1. The molecule has 0 N–H and O–H groups in total. The van der Waals surface area contributed by atoms with Gasteiger partial charge in [-0.3, -0.25) is 0 Å². The van der Waals surface area contributed by atoms with Crippen LogP contribution in [-0.2, 0) is 0 Å². The molecule has 1 saturated carbocycles. The Balaban J connectivity index is 1.69. The highest BCUT2D eigenvalue weighted by Gasteiger charge is 2.21. The van der Waals surface area contributed by atoms with Gasteiger partial charge in [0.1, 0.15) is 0 Å². The molecular formula is C22H32F2O2. The summed E-state index contributed by atoms with van der Waals surface area (Å²) in [6.45, 7) is 2.67. The molecule has 4 heteroatoms. The third-order valence-electron chi connectivity index (χ3n) is 5.23. The Labute approximate surface area is 156 Å². The normalized spacial score (nSPS) is 20.5. The predicted molar refractivity (Wildman–Crippen MR) is 102 cm³/mol. The van der Waals surface area contributed by atoms with E-state index < -0.39 is 11.6 Å². The summed E-state index contributed by atoms with van der Waals surface area (Å²) in [6.07, 6.45) is 15.6. The van der Waals surface area contributed by atoms with E-state index in [0.29, 0.717) is 18.4 Å². The minimum atomic E-state index is -0.988. The Kier molecular flexibility index (Phi) is 8.93. The molecule has 1 aliphatic carbocycles. The van der Waals surface area contributed by atoms with Crippen molar-refractivity contribution in [3.8, 4) is 11.5 Å². The van der Waals surface area contributed by atoms with Crippen molar-refractivity contribution in [2.75, 3.05) is 13.7 Å². The molecule has 1 aliphatic rings. The van der Waals surface area contributed by atoms with Crippen molar-refractivity contribution in [2.45, 2.75) is 64.7 Å². The fraction of sp³-hybridized carbons (Fsp3) is 0.636. The second-order valence-corrected chi connectivity index (χ2v) is 7.26. The monoisotopic (exact) mass is 366 g/mol. The van der Waals surface area contributed by atoms with Crippen LogP contribution in [0.4, 0.5) is 8.78 Å². The van der Waals surface area contributed by atoms with Gasteiger partial charge in [0.2, 0.25) is 11.6 Å². The predicted octanol–water partition coefficient (Wildman–Crippen LogP) is 6.69. The number of unbranched alkanes of at least 4 members (excludes halogenated alkanes) is 4. The van der Waals surface area contributed by atoms with E-state index in [1.165, 1.54) is 51.3 Å². The van der Waals surface area contributed by atoms with Crippen LogP contribution < -0.4 is 9.47 Å². The van der Waals surface area contributed by atoms with Crippen LogP contribution in [0.25, 0.3) is 0 Å². The molecule has 0 unspecified atom stereocenters. The third kappa shape index (κ3) is 6.30. The molecule has 26 heavy (non-hydrogen) atoms. The lowest BCUT2D eigenvalue weighted by Crippen LogP contribution is -2.19. The molecule has 0 amide bonds. The Morgan fingerprint density at radius 1 is 1.00 bits per heavy atom. The molecule has 0 spiro atoms. The zero-order chi connectivity index (χ0) is 18.8. The summed E-state index contributed by atoms with van der Waals surface area (Å²) in [7, 11) is 1.32. The number of hydrogen-bond donors (Lipinski definition) is 0. The van der Waals surface area contributed by atoms with Crippen molar-refractivity contribution < 1.29 is 18.3 Å². The van der Waals surface area contributed by atoms with Gasteiger partial charge in [-0.1, -0.05) is 38.3 Å². The molecule has 0 radical (unpaired) electrons. The van der Waals surface area contributed by atoms with Crippen LogP contribution in [-0.4, -0.2) is 13.7 Å². The smallest absolute Gasteiger partial charge is 0.204 e. The first-order valence-corrected chi connectivity index (χ1v) is 9.97. The van der Waals surface area contributed by atoms with Crippen LogP contribution in [0.3, 0.4) is 0 Å². The summed E-state index contributed by atoms with van der Waals surface area (Å²) < 4.78 is 37.9. The van der Waals surface area contributed by atoms with Crippen LogP contribution in [0.1, 0.15) is 64.7 Å². The highest BCUT2D eigenvalue weighted by atomic mass is 19.2. The molecule has 2 rings (SSSR count). The van der Waals surface area contributed by atoms with E-state index in [2.05, 4.69) is 19.1 Å². The first kappa shape index (κ1) is 20.7. The minimum Gasteiger partial charge on any atom is -0.494 e. The molecule has 0 saturated heterocycles. The SMILES string of the molecule is CCCCCC/C=C/C1CCC(COc2ccc(OC)c(F)c2F)CC1. The number of hydrogen-bond acceptors (Lipinski definition) is 2. The summed E-state index contributed by atoms with van der Waals surface area (Å²) in [6, 6.07) is 2.83. The van der Waals surface area contributed by atoms with E-state index in [4.69, 9.17) is 9.47 Å². The van der Waals surface area contributed by atoms with Crippen molar-refractivity contribution in [3.63, 3.8) is 0 Å². The van der Waals surface area contributed by atoms with Crippen LogP contribution in [0.15, 0.2) is 24.3 Å². The molecule has 1 aromatic rings. The summed E-state index contributed by atoms with van der Waals surface area (Å²) in [5, 5.41) is 0. The highest BCUT2D eigenvalue weighted by molar-refractivity contribution is 5.34. The van der Waals surface area contributed by atoms with Gasteiger partial charge >= 0.3 is 0 Å². The van der Waals surface area contributed by atoms with Crippen LogP contribution in [0.2, 0.25) is 0 Å². The van der Waals surface area contributed by atoms with Gasteiger partial charge in [0.25, 0.3) is 0 Å². The van der Waals surface area contributed by atoms with Gasteiger partial charge in [-0.05, 0) is 62.5 Å². The molecule has 1 fully saturated rings. The highest BCUT2D eigenvalue weighted by Crippen LogP contribution is 2.32. The topological polar surface area (TPSA) is 18.5 Å². The van der Waals surface area contributed by atoms with Gasteiger partial charge < -0.3 is 9.47 Å². The molecule has 0 bridgehead atoms. The second kappa shape index (κ2) is 11.2. The Morgan fingerprint density at radius 3 is 2.38 bits per heavy atom. The number of benzene rings is 1. The zero-order valence-corrected chi connectivity index (χ0v) is 16.1. The molecule has 2 nitrogen and oxygen atoms in total. The molecule has 146 valence electrons. The molecule has 0 aromatic heterocycles. The first-order chi connectivity index (χ1) is 12.7. The van der Waals surface area contributed by atoms with Crippen molar-refractivity contribution >= 4 is 0 Å². The van der Waals surface area contributed by atoms with Crippen molar-refractivity contribution in [2.24, 2.45) is 11.8 Å². The third-order valence-corrected chi connectivity index (χ3v) is 5.23. The van der Waals surface area contributed by atoms with Crippen molar-refractivity contribution in [3.05, 3.63) is 35.9 Å². The summed E-state index contributed by atoms with van der Waals surface area (Å²) in [5.41, 5.74) is 0. The maximum atomic E-state index is 13.9. The molecule has 0 heterocycles. The number of methoxy groups -OCH3 is 1. The molecule has 0 aliphatic heterocycles. The fourth-order valence-corrected chi connectivity index (χ4v) is 3.52. The van der Waals surface area contributed by atoms with Crippen LogP contribution in [0.5, 0.6) is 11.5 Å². The van der Waals surface area contributed by atoms with E-state index in [1.54, 1.807) is 0 Å². The average Bonchev–Trinajstić information content (AvgIpc) is 2.67. The fourth-order valence-electron chi connectivity index (χ4n) is 3.52. The minimum absolute atomic E-state index is 0.0302. The van der Waals surface area contributed by atoms with E-state index in [0.717, 1.165) is 25.7 Å². The van der Waals surface area contributed by atoms with Crippen molar-refractivity contribution in [1.82, 2.24) is 0 Å². The summed E-state index contributed by atoms with van der Waals surface area (Å²) >= 11 is 0. The molecule has 1 aromatic carbocycles. The van der Waals surface area contributed by atoms with E-state index in [1.807, 2.05) is 0 Å². The quantitative estimate of drug-likeness (QED) is 0.339. The molecule has 0 atom stereocenters.